The number of anilines is 1. The minimum absolute atomic E-state index is 0.00807. The van der Waals surface area contributed by atoms with Crippen LogP contribution in [-0.4, -0.2) is 28.1 Å². The number of urea groups is 1. The average molecular weight is 355 g/mol. The highest BCUT2D eigenvalue weighted by Gasteiger charge is 2.26. The molecule has 0 radical (unpaired) electrons. The molecule has 3 rings (SSSR count). The van der Waals surface area contributed by atoms with E-state index in [2.05, 4.69) is 15.6 Å². The van der Waals surface area contributed by atoms with Crippen LogP contribution in [0.3, 0.4) is 0 Å². The molecular formula is C19H21N3O4. The molecule has 26 heavy (non-hydrogen) atoms. The Kier molecular flexibility index (Phi) is 5.68. The Hall–Kier alpha value is -3.09. The molecule has 1 aromatic heterocycles. The lowest BCUT2D eigenvalue weighted by Gasteiger charge is -2.26. The number of para-hydroxylation sites is 1. The minimum Gasteiger partial charge on any atom is -0.481 e. The first-order valence-electron chi connectivity index (χ1n) is 8.59. The highest BCUT2D eigenvalue weighted by atomic mass is 16.5. The van der Waals surface area contributed by atoms with Gasteiger partial charge in [0.2, 0.25) is 0 Å². The zero-order valence-electron chi connectivity index (χ0n) is 14.2. The maximum absolute atomic E-state index is 12.1. The predicted molar refractivity (Wildman–Crippen MR) is 96.3 cm³/mol. The summed E-state index contributed by atoms with van der Waals surface area (Å²) in [6, 6.07) is 12.4. The van der Waals surface area contributed by atoms with Crippen molar-refractivity contribution in [3.05, 3.63) is 48.7 Å². The maximum atomic E-state index is 12.1. The van der Waals surface area contributed by atoms with Crippen LogP contribution in [0, 0.1) is 5.92 Å². The largest absolute Gasteiger partial charge is 0.481 e. The molecule has 7 nitrogen and oxygen atoms in total. The second kappa shape index (κ2) is 8.33. The molecule has 2 amide bonds. The van der Waals surface area contributed by atoms with Gasteiger partial charge in [0, 0.05) is 6.04 Å². The van der Waals surface area contributed by atoms with Crippen molar-refractivity contribution in [1.29, 1.82) is 0 Å². The third-order valence-electron chi connectivity index (χ3n) is 4.37. The maximum Gasteiger partial charge on any atom is 0.320 e. The Morgan fingerprint density at radius 2 is 1.73 bits per heavy atom. The molecule has 0 aliphatic heterocycles. The van der Waals surface area contributed by atoms with Gasteiger partial charge < -0.3 is 15.2 Å². The lowest BCUT2D eigenvalue weighted by Crippen LogP contribution is -2.41. The molecule has 7 heteroatoms. The predicted octanol–water partition coefficient (Wildman–Crippen LogP) is 3.64. The lowest BCUT2D eigenvalue weighted by molar-refractivity contribution is -0.142. The third kappa shape index (κ3) is 4.95. The summed E-state index contributed by atoms with van der Waals surface area (Å²) in [6.07, 6.45) is 4.05. The van der Waals surface area contributed by atoms with E-state index in [1.807, 2.05) is 30.3 Å². The molecule has 1 heterocycles. The Bertz CT molecular complexity index is 741. The Morgan fingerprint density at radius 1 is 1.00 bits per heavy atom. The van der Waals surface area contributed by atoms with Gasteiger partial charge in [0.1, 0.15) is 17.3 Å². The van der Waals surface area contributed by atoms with Crippen molar-refractivity contribution >= 4 is 17.8 Å². The third-order valence-corrected chi connectivity index (χ3v) is 4.37. The van der Waals surface area contributed by atoms with Crippen molar-refractivity contribution in [3.8, 4) is 11.5 Å². The van der Waals surface area contributed by atoms with Crippen LogP contribution < -0.4 is 15.4 Å². The van der Waals surface area contributed by atoms with Gasteiger partial charge in [0.05, 0.1) is 12.1 Å². The van der Waals surface area contributed by atoms with Gasteiger partial charge in [-0.05, 0) is 49.9 Å². The monoisotopic (exact) mass is 355 g/mol. The number of hydrogen-bond donors (Lipinski definition) is 3. The molecular weight excluding hydrogens is 334 g/mol. The van der Waals surface area contributed by atoms with Gasteiger partial charge in [-0.2, -0.15) is 0 Å². The van der Waals surface area contributed by atoms with Gasteiger partial charge in [-0.1, -0.05) is 18.2 Å². The first kappa shape index (κ1) is 17.7. The molecule has 1 aliphatic carbocycles. The normalized spacial score (nSPS) is 19.4. The summed E-state index contributed by atoms with van der Waals surface area (Å²) >= 11 is 0. The summed E-state index contributed by atoms with van der Waals surface area (Å²) in [5.74, 6) is 0.658. The van der Waals surface area contributed by atoms with Gasteiger partial charge in [-0.15, -0.1) is 0 Å². The van der Waals surface area contributed by atoms with Crippen LogP contribution in [0.1, 0.15) is 25.7 Å². The number of benzene rings is 1. The number of nitrogens with one attached hydrogen (secondary N) is 2. The van der Waals surface area contributed by atoms with Crippen LogP contribution in [0.25, 0.3) is 0 Å². The van der Waals surface area contributed by atoms with Crippen molar-refractivity contribution in [2.75, 3.05) is 5.32 Å². The molecule has 0 bridgehead atoms. The zero-order valence-corrected chi connectivity index (χ0v) is 14.2. The van der Waals surface area contributed by atoms with Gasteiger partial charge in [-0.25, -0.2) is 9.78 Å². The number of amides is 2. The molecule has 136 valence electrons. The van der Waals surface area contributed by atoms with Crippen LogP contribution in [0.15, 0.2) is 48.7 Å². The SMILES string of the molecule is O=C(Nc1ccc(Oc2ccccc2)cn1)NC1CCC(C(=O)O)CC1. The van der Waals surface area contributed by atoms with Gasteiger partial charge >= 0.3 is 12.0 Å². The molecule has 1 aliphatic rings. The number of rotatable bonds is 5. The van der Waals surface area contributed by atoms with Crippen molar-refractivity contribution in [1.82, 2.24) is 10.3 Å². The van der Waals surface area contributed by atoms with E-state index in [0.717, 1.165) is 0 Å². The van der Waals surface area contributed by atoms with Crippen molar-refractivity contribution in [2.45, 2.75) is 31.7 Å². The van der Waals surface area contributed by atoms with Crippen molar-refractivity contribution in [2.24, 2.45) is 5.92 Å². The molecule has 0 atom stereocenters. The number of carbonyl (C=O) groups excluding carboxylic acids is 1. The highest BCUT2D eigenvalue weighted by Crippen LogP contribution is 2.24. The second-order valence-corrected chi connectivity index (χ2v) is 6.28. The van der Waals surface area contributed by atoms with E-state index in [1.54, 1.807) is 18.3 Å². The molecule has 1 fully saturated rings. The molecule has 0 saturated heterocycles. The molecule has 1 aromatic carbocycles. The fourth-order valence-electron chi connectivity index (χ4n) is 2.96. The first-order valence-corrected chi connectivity index (χ1v) is 8.59. The Balaban J connectivity index is 1.46. The van der Waals surface area contributed by atoms with Gasteiger partial charge in [-0.3, -0.25) is 10.1 Å². The smallest absolute Gasteiger partial charge is 0.320 e. The summed E-state index contributed by atoms with van der Waals surface area (Å²) in [6.45, 7) is 0. The van der Waals surface area contributed by atoms with E-state index in [1.165, 1.54) is 0 Å². The Labute approximate surface area is 151 Å². The average Bonchev–Trinajstić information content (AvgIpc) is 2.64. The summed E-state index contributed by atoms with van der Waals surface area (Å²) in [7, 11) is 0. The first-order chi connectivity index (χ1) is 12.6. The number of carboxylic acid groups (broad SMARTS) is 1. The number of carboxylic acids is 1. The summed E-state index contributed by atoms with van der Waals surface area (Å²) < 4.78 is 5.65. The quantitative estimate of drug-likeness (QED) is 0.760. The van der Waals surface area contributed by atoms with Crippen LogP contribution >= 0.6 is 0 Å². The second-order valence-electron chi connectivity index (χ2n) is 6.28. The van der Waals surface area contributed by atoms with E-state index in [4.69, 9.17) is 9.84 Å². The van der Waals surface area contributed by atoms with Crippen LogP contribution in [0.5, 0.6) is 11.5 Å². The molecule has 0 unspecified atom stereocenters. The van der Waals surface area contributed by atoms with Crippen LogP contribution in [0.4, 0.5) is 10.6 Å². The number of hydrogen-bond acceptors (Lipinski definition) is 4. The van der Waals surface area contributed by atoms with Crippen molar-refractivity contribution < 1.29 is 19.4 Å². The fraction of sp³-hybridized carbons (Fsp3) is 0.316. The lowest BCUT2D eigenvalue weighted by atomic mass is 9.86. The minimum atomic E-state index is -0.755. The number of aliphatic carboxylic acids is 1. The summed E-state index contributed by atoms with van der Waals surface area (Å²) in [5, 5.41) is 14.5. The van der Waals surface area contributed by atoms with E-state index in [9.17, 15) is 9.59 Å². The van der Waals surface area contributed by atoms with Crippen LogP contribution in [0.2, 0.25) is 0 Å². The van der Waals surface area contributed by atoms with E-state index >= 15 is 0 Å². The number of aromatic nitrogens is 1. The Morgan fingerprint density at radius 3 is 2.35 bits per heavy atom. The molecule has 0 spiro atoms. The number of carbonyl (C=O) groups is 2. The number of ether oxygens (including phenoxy) is 1. The van der Waals surface area contributed by atoms with E-state index in [0.29, 0.717) is 43.0 Å². The zero-order chi connectivity index (χ0) is 18.4. The summed E-state index contributed by atoms with van der Waals surface area (Å²) in [5.41, 5.74) is 0. The number of pyridine rings is 1. The summed E-state index contributed by atoms with van der Waals surface area (Å²) in [4.78, 5) is 27.2. The highest BCUT2D eigenvalue weighted by molar-refractivity contribution is 5.88. The van der Waals surface area contributed by atoms with E-state index < -0.39 is 5.97 Å². The molecule has 1 saturated carbocycles. The van der Waals surface area contributed by atoms with E-state index in [-0.39, 0.29) is 18.0 Å². The molecule has 2 aromatic rings. The van der Waals surface area contributed by atoms with Gasteiger partial charge in [0.25, 0.3) is 0 Å². The topological polar surface area (TPSA) is 101 Å². The van der Waals surface area contributed by atoms with Gasteiger partial charge in [0.15, 0.2) is 0 Å². The van der Waals surface area contributed by atoms with Crippen LogP contribution in [-0.2, 0) is 4.79 Å². The standard InChI is InChI=1S/C19H21N3O4/c23-18(24)13-6-8-14(9-7-13)21-19(25)22-17-11-10-16(12-20-17)26-15-4-2-1-3-5-15/h1-5,10-14H,6-9H2,(H,23,24)(H2,20,21,22,25). The molecule has 3 N–H and O–H groups in total. The fourth-order valence-corrected chi connectivity index (χ4v) is 2.96. The van der Waals surface area contributed by atoms with Crippen molar-refractivity contribution in [3.63, 3.8) is 0 Å². The number of nitrogens with zero attached hydrogens (tertiary/aromatic N) is 1.